The molecule has 0 radical (unpaired) electrons. The Morgan fingerprint density at radius 1 is 1.14 bits per heavy atom. The van der Waals surface area contributed by atoms with Crippen LogP contribution in [0.3, 0.4) is 0 Å². The Bertz CT molecular complexity index is 1390. The molecule has 1 saturated heterocycles. The predicted molar refractivity (Wildman–Crippen MR) is 166 cm³/mol. The van der Waals surface area contributed by atoms with E-state index in [0.29, 0.717) is 61.5 Å². The maximum atomic E-state index is 15.2. The van der Waals surface area contributed by atoms with Crippen LogP contribution in [0.15, 0.2) is 42.5 Å². The number of ether oxygens (including phenoxy) is 1. The molecular weight excluding hydrogens is 595 g/mol. The molecule has 2 aromatic rings. The van der Waals surface area contributed by atoms with Crippen molar-refractivity contribution in [2.75, 3.05) is 25.5 Å². The zero-order valence-corrected chi connectivity index (χ0v) is 26.7. The molecule has 0 aromatic heterocycles. The van der Waals surface area contributed by atoms with Crippen LogP contribution < -0.4 is 16.0 Å². The fourth-order valence-electron chi connectivity index (χ4n) is 6.03. The van der Waals surface area contributed by atoms with E-state index >= 15 is 4.39 Å². The van der Waals surface area contributed by atoms with Crippen LogP contribution in [0.5, 0.6) is 0 Å². The molecular formula is C31H42ClFN4O5S. The first-order valence-corrected chi connectivity index (χ1v) is 16.7. The summed E-state index contributed by atoms with van der Waals surface area (Å²) in [5.74, 6) is -1.49. The summed E-state index contributed by atoms with van der Waals surface area (Å²) in [4.78, 5) is 26.1. The van der Waals surface area contributed by atoms with Crippen LogP contribution in [0.4, 0.5) is 14.9 Å². The number of methoxy groups -OCH3 is 1. The van der Waals surface area contributed by atoms with Crippen molar-refractivity contribution in [1.29, 1.82) is 0 Å². The van der Waals surface area contributed by atoms with Gasteiger partial charge in [0.25, 0.3) is 0 Å². The number of nitrogens with zero attached hydrogens (tertiary/aromatic N) is 1. The first-order valence-electron chi connectivity index (χ1n) is 14.8. The molecule has 1 aliphatic heterocycles. The van der Waals surface area contributed by atoms with Gasteiger partial charge in [-0.25, -0.2) is 17.6 Å². The summed E-state index contributed by atoms with van der Waals surface area (Å²) >= 11 is 6.09. The van der Waals surface area contributed by atoms with E-state index < -0.39 is 39.8 Å². The van der Waals surface area contributed by atoms with Gasteiger partial charge in [0, 0.05) is 47.4 Å². The van der Waals surface area contributed by atoms with Gasteiger partial charge in [0.2, 0.25) is 15.9 Å². The Morgan fingerprint density at radius 2 is 1.84 bits per heavy atom. The first-order chi connectivity index (χ1) is 20.4. The third kappa shape index (κ3) is 8.06. The topological polar surface area (TPSA) is 117 Å². The van der Waals surface area contributed by atoms with Crippen molar-refractivity contribution < 1.29 is 27.1 Å². The highest BCUT2D eigenvalue weighted by molar-refractivity contribution is 7.90. The highest BCUT2D eigenvalue weighted by atomic mass is 35.5. The number of nitrogens with one attached hydrogen (secondary N) is 3. The van der Waals surface area contributed by atoms with Crippen LogP contribution in [0.2, 0.25) is 5.02 Å². The van der Waals surface area contributed by atoms with Gasteiger partial charge in [-0.15, -0.1) is 0 Å². The van der Waals surface area contributed by atoms with E-state index in [1.54, 1.807) is 22.5 Å². The molecule has 2 fully saturated rings. The summed E-state index contributed by atoms with van der Waals surface area (Å²) in [6, 6.07) is 10.2. The van der Waals surface area contributed by atoms with Crippen molar-refractivity contribution in [3.05, 3.63) is 64.4 Å². The summed E-state index contributed by atoms with van der Waals surface area (Å²) in [7, 11) is -2.14. The number of piperazine rings is 1. The maximum Gasteiger partial charge on any atom is 0.407 e. The predicted octanol–water partition coefficient (Wildman–Crippen LogP) is 5.06. The van der Waals surface area contributed by atoms with Gasteiger partial charge in [-0.3, -0.25) is 4.79 Å². The summed E-state index contributed by atoms with van der Waals surface area (Å²) in [6.45, 7) is 6.94. The lowest BCUT2D eigenvalue weighted by Crippen LogP contribution is -2.58. The number of hydrogen-bond acceptors (Lipinski definition) is 6. The number of hydrogen-bond donors (Lipinski definition) is 3. The molecule has 0 spiro atoms. The Labute approximate surface area is 258 Å². The average Bonchev–Trinajstić information content (AvgIpc) is 3.81. The number of rotatable bonds is 12. The molecule has 0 bridgehead atoms. The van der Waals surface area contributed by atoms with E-state index in [2.05, 4.69) is 16.0 Å². The van der Waals surface area contributed by atoms with Gasteiger partial charge in [-0.05, 0) is 74.8 Å². The number of alkyl carbamates (subject to hydrolysis) is 1. The number of amides is 2. The lowest BCUT2D eigenvalue weighted by molar-refractivity contribution is -0.118. The first kappa shape index (κ1) is 33.2. The van der Waals surface area contributed by atoms with Crippen molar-refractivity contribution in [2.45, 2.75) is 82.2 Å². The van der Waals surface area contributed by atoms with Crippen LogP contribution in [-0.2, 0) is 26.0 Å². The standard InChI is InChI=1S/C31H42ClFN4O5S/c1-19(2)28(21-11-13-22(32)14-12-21)29(36-31(39)42-4)30(38)35-27-10-6-9-26(33)25(27)8-5-7-23-18-34-17-20(3)37(23)43(40,41)24-15-16-24/h6,9-14,19-20,23-24,28-29,34H,5,7-8,15-18H2,1-4H3,(H,35,38)(H,36,39)/t20-,23+,28-,29+/m1/s1. The maximum absolute atomic E-state index is 15.2. The largest absolute Gasteiger partial charge is 0.453 e. The number of benzene rings is 2. The van der Waals surface area contributed by atoms with E-state index in [0.717, 1.165) is 5.56 Å². The number of anilines is 1. The van der Waals surface area contributed by atoms with Crippen LogP contribution in [-0.4, -0.2) is 68.3 Å². The van der Waals surface area contributed by atoms with Gasteiger partial charge in [-0.2, -0.15) is 4.31 Å². The molecule has 0 unspecified atom stereocenters. The average molecular weight is 637 g/mol. The minimum absolute atomic E-state index is 0.0672. The van der Waals surface area contributed by atoms with Crippen LogP contribution in [0.25, 0.3) is 0 Å². The van der Waals surface area contributed by atoms with E-state index in [-0.39, 0.29) is 23.3 Å². The fraction of sp³-hybridized carbons (Fsp3) is 0.548. The van der Waals surface area contributed by atoms with Crippen molar-refractivity contribution >= 4 is 39.3 Å². The van der Waals surface area contributed by atoms with Gasteiger partial charge in [0.15, 0.2) is 0 Å². The zero-order chi connectivity index (χ0) is 31.3. The molecule has 3 N–H and O–H groups in total. The number of carbonyl (C=O) groups is 2. The molecule has 236 valence electrons. The third-order valence-corrected chi connectivity index (χ3v) is 11.1. The van der Waals surface area contributed by atoms with Crippen molar-refractivity contribution in [3.63, 3.8) is 0 Å². The highest BCUT2D eigenvalue weighted by Gasteiger charge is 2.45. The van der Waals surface area contributed by atoms with Gasteiger partial charge in [0.05, 0.1) is 12.4 Å². The SMILES string of the molecule is COC(=O)N[C@H](C(=O)Nc1cccc(F)c1CCC[C@H]1CNC[C@@H](C)N1S(=O)(=O)C1CC1)[C@@H](c1ccc(Cl)cc1)C(C)C. The van der Waals surface area contributed by atoms with E-state index in [1.807, 2.05) is 32.9 Å². The quantitative estimate of drug-likeness (QED) is 0.300. The second-order valence-electron chi connectivity index (χ2n) is 11.8. The molecule has 2 aromatic carbocycles. The highest BCUT2D eigenvalue weighted by Crippen LogP contribution is 2.35. The molecule has 1 aliphatic carbocycles. The van der Waals surface area contributed by atoms with Crippen LogP contribution in [0, 0.1) is 11.7 Å². The lowest BCUT2D eigenvalue weighted by atomic mass is 9.82. The van der Waals surface area contributed by atoms with Crippen molar-refractivity contribution in [1.82, 2.24) is 14.9 Å². The monoisotopic (exact) mass is 636 g/mol. The second-order valence-corrected chi connectivity index (χ2v) is 14.4. The molecule has 4 rings (SSSR count). The van der Waals surface area contributed by atoms with E-state index in [1.165, 1.54) is 19.2 Å². The smallest absolute Gasteiger partial charge is 0.407 e. The molecule has 2 aliphatic rings. The molecule has 12 heteroatoms. The van der Waals surface area contributed by atoms with Crippen LogP contribution in [0.1, 0.15) is 63.5 Å². The van der Waals surface area contributed by atoms with Gasteiger partial charge in [0.1, 0.15) is 11.9 Å². The summed E-state index contributed by atoms with van der Waals surface area (Å²) in [5.41, 5.74) is 1.43. The summed E-state index contributed by atoms with van der Waals surface area (Å²) < 4.78 is 48.0. The van der Waals surface area contributed by atoms with E-state index in [4.69, 9.17) is 16.3 Å². The molecule has 9 nitrogen and oxygen atoms in total. The summed E-state index contributed by atoms with van der Waals surface area (Å²) in [6.07, 6.45) is 1.99. The fourth-order valence-corrected chi connectivity index (χ4v) is 8.40. The Morgan fingerprint density at radius 3 is 2.47 bits per heavy atom. The third-order valence-electron chi connectivity index (χ3n) is 8.27. The molecule has 1 heterocycles. The summed E-state index contributed by atoms with van der Waals surface area (Å²) in [5, 5.41) is 9.10. The normalized spacial score (nSPS) is 20.8. The number of halogens is 2. The van der Waals surface area contributed by atoms with Crippen molar-refractivity contribution in [3.8, 4) is 0 Å². The van der Waals surface area contributed by atoms with Crippen LogP contribution >= 0.6 is 11.6 Å². The van der Waals surface area contributed by atoms with Gasteiger partial charge < -0.3 is 20.7 Å². The number of sulfonamides is 1. The minimum Gasteiger partial charge on any atom is -0.453 e. The molecule has 2 amide bonds. The Balaban J connectivity index is 1.52. The van der Waals surface area contributed by atoms with Gasteiger partial charge >= 0.3 is 6.09 Å². The molecule has 43 heavy (non-hydrogen) atoms. The Hall–Kier alpha value is -2.73. The minimum atomic E-state index is -3.37. The molecule has 4 atom stereocenters. The zero-order valence-electron chi connectivity index (χ0n) is 25.1. The van der Waals surface area contributed by atoms with E-state index in [9.17, 15) is 18.0 Å². The lowest BCUT2D eigenvalue weighted by Gasteiger charge is -2.40. The molecule has 1 saturated carbocycles. The van der Waals surface area contributed by atoms with Crippen molar-refractivity contribution in [2.24, 2.45) is 5.92 Å². The second kappa shape index (κ2) is 14.4. The Kier molecular flexibility index (Phi) is 11.1. The van der Waals surface area contributed by atoms with Gasteiger partial charge in [-0.1, -0.05) is 43.6 Å². The number of carbonyl (C=O) groups excluding carboxylic acids is 2.